The van der Waals surface area contributed by atoms with Crippen molar-refractivity contribution in [1.29, 1.82) is 0 Å². The van der Waals surface area contributed by atoms with Gasteiger partial charge in [0.15, 0.2) is 0 Å². The van der Waals surface area contributed by atoms with E-state index in [1.165, 1.54) is 66.3 Å². The second-order valence-electron chi connectivity index (χ2n) is 13.1. The molecular formula is C48H32N2. The van der Waals surface area contributed by atoms with Crippen molar-refractivity contribution in [3.8, 4) is 39.2 Å². The molecule has 0 amide bonds. The van der Waals surface area contributed by atoms with Gasteiger partial charge in [-0.2, -0.15) is 0 Å². The maximum Gasteiger partial charge on any atom is 0.0714 e. The highest BCUT2D eigenvalue weighted by atomic mass is 15.0. The molecule has 0 saturated heterocycles. The van der Waals surface area contributed by atoms with E-state index in [2.05, 4.69) is 185 Å². The monoisotopic (exact) mass is 636 g/mol. The van der Waals surface area contributed by atoms with Crippen molar-refractivity contribution < 1.29 is 0 Å². The van der Waals surface area contributed by atoms with E-state index in [9.17, 15) is 0 Å². The van der Waals surface area contributed by atoms with Crippen molar-refractivity contribution in [3.05, 3.63) is 217 Å². The highest BCUT2D eigenvalue weighted by Gasteiger charge is 2.47. The van der Waals surface area contributed by atoms with Crippen LogP contribution in [0, 0.1) is 0 Å². The van der Waals surface area contributed by atoms with Crippen LogP contribution in [-0.2, 0) is 5.41 Å². The number of fused-ring (bicyclic) bond motifs is 7. The van der Waals surface area contributed by atoms with Crippen molar-refractivity contribution >= 4 is 21.8 Å². The van der Waals surface area contributed by atoms with Gasteiger partial charge in [0.25, 0.3) is 0 Å². The Labute approximate surface area is 291 Å². The minimum absolute atomic E-state index is 0.525. The molecular weight excluding hydrogens is 605 g/mol. The van der Waals surface area contributed by atoms with E-state index in [1.54, 1.807) is 0 Å². The van der Waals surface area contributed by atoms with E-state index in [1.807, 2.05) is 18.3 Å². The lowest BCUT2D eigenvalue weighted by Gasteiger charge is -2.34. The number of benzene rings is 7. The van der Waals surface area contributed by atoms with E-state index in [0.717, 1.165) is 16.9 Å². The van der Waals surface area contributed by atoms with Crippen LogP contribution in [0.15, 0.2) is 194 Å². The van der Waals surface area contributed by atoms with E-state index >= 15 is 0 Å². The molecule has 0 unspecified atom stereocenters. The number of nitrogens with zero attached hydrogens (tertiary/aromatic N) is 2. The van der Waals surface area contributed by atoms with Crippen LogP contribution in [0.3, 0.4) is 0 Å². The molecule has 2 heterocycles. The Morgan fingerprint density at radius 2 is 1.06 bits per heavy atom. The van der Waals surface area contributed by atoms with Gasteiger partial charge in [-0.1, -0.05) is 152 Å². The first-order valence-corrected chi connectivity index (χ1v) is 17.2. The smallest absolute Gasteiger partial charge is 0.0714 e. The Morgan fingerprint density at radius 1 is 0.460 bits per heavy atom. The lowest BCUT2D eigenvalue weighted by Crippen LogP contribution is -2.28. The fourth-order valence-corrected chi connectivity index (χ4v) is 8.50. The third-order valence-corrected chi connectivity index (χ3v) is 10.5. The summed E-state index contributed by atoms with van der Waals surface area (Å²) >= 11 is 0. The van der Waals surface area contributed by atoms with E-state index in [4.69, 9.17) is 0 Å². The lowest BCUT2D eigenvalue weighted by molar-refractivity contribution is 0.769. The minimum atomic E-state index is -0.525. The van der Waals surface area contributed by atoms with Crippen molar-refractivity contribution in [2.45, 2.75) is 5.41 Å². The molecule has 50 heavy (non-hydrogen) atoms. The Hall–Kier alpha value is -6.51. The molecule has 7 aromatic carbocycles. The molecule has 0 spiro atoms. The number of hydrogen-bond donors (Lipinski definition) is 0. The highest BCUT2D eigenvalue weighted by Crippen LogP contribution is 2.60. The molecule has 1 aliphatic carbocycles. The molecule has 10 rings (SSSR count). The summed E-state index contributed by atoms with van der Waals surface area (Å²) in [6.07, 6.45) is 1.86. The fraction of sp³-hybridized carbons (Fsp3) is 0.0208. The number of rotatable bonds is 5. The summed E-state index contributed by atoms with van der Waals surface area (Å²) in [5, 5.41) is 2.51. The molecule has 2 nitrogen and oxygen atoms in total. The van der Waals surface area contributed by atoms with Crippen LogP contribution in [0.1, 0.15) is 22.3 Å². The van der Waals surface area contributed by atoms with Crippen LogP contribution in [0.5, 0.6) is 0 Å². The Bertz CT molecular complexity index is 2620. The Kier molecular flexibility index (Phi) is 6.43. The predicted octanol–water partition coefficient (Wildman–Crippen LogP) is 11.9. The van der Waals surface area contributed by atoms with Gasteiger partial charge in [-0.05, 0) is 75.3 Å². The van der Waals surface area contributed by atoms with Crippen LogP contribution in [0.2, 0.25) is 0 Å². The van der Waals surface area contributed by atoms with Gasteiger partial charge < -0.3 is 4.57 Å². The summed E-state index contributed by atoms with van der Waals surface area (Å²) in [7, 11) is 0. The van der Waals surface area contributed by atoms with Gasteiger partial charge in [0.1, 0.15) is 0 Å². The molecule has 1 aliphatic rings. The van der Waals surface area contributed by atoms with Gasteiger partial charge in [-0.15, -0.1) is 0 Å². The van der Waals surface area contributed by atoms with Crippen LogP contribution in [0.4, 0.5) is 0 Å². The summed E-state index contributed by atoms with van der Waals surface area (Å²) in [6.45, 7) is 0. The quantitative estimate of drug-likeness (QED) is 0.184. The summed E-state index contributed by atoms with van der Waals surface area (Å²) in [5.41, 5.74) is 15.2. The van der Waals surface area contributed by atoms with Gasteiger partial charge >= 0.3 is 0 Å². The second kappa shape index (κ2) is 11.3. The van der Waals surface area contributed by atoms with Gasteiger partial charge in [-0.25, -0.2) is 0 Å². The van der Waals surface area contributed by atoms with Gasteiger partial charge in [0, 0.05) is 33.8 Å². The molecule has 0 bridgehead atoms. The standard InChI is InChI=1S/C48H32N2/c1-4-16-35(17-5-1)48(36-18-6-2-7-19-36)41-24-12-10-22-38(41)46-42(48)32-40(33-27-29-34(30-28-33)43-25-14-15-31-49-43)45-39-23-11-13-26-44(39)50(47(45)46)37-20-8-3-9-21-37/h1-32H. The summed E-state index contributed by atoms with van der Waals surface area (Å²) < 4.78 is 2.50. The van der Waals surface area contributed by atoms with Gasteiger partial charge in [0.2, 0.25) is 0 Å². The second-order valence-corrected chi connectivity index (χ2v) is 13.1. The molecule has 0 N–H and O–H groups in total. The molecule has 2 aromatic heterocycles. The summed E-state index contributed by atoms with van der Waals surface area (Å²) in [5.74, 6) is 0. The van der Waals surface area contributed by atoms with E-state index in [-0.39, 0.29) is 0 Å². The molecule has 0 fully saturated rings. The highest BCUT2D eigenvalue weighted by molar-refractivity contribution is 6.21. The van der Waals surface area contributed by atoms with E-state index < -0.39 is 5.41 Å². The topological polar surface area (TPSA) is 17.8 Å². The zero-order valence-corrected chi connectivity index (χ0v) is 27.4. The third kappa shape index (κ3) is 4.06. The SMILES string of the molecule is c1ccc(-n2c3ccccc3c3c(-c4ccc(-c5ccccn5)cc4)cc4c(c32)-c2ccccc2C4(c2ccccc2)c2ccccc2)cc1. The molecule has 9 aromatic rings. The normalized spacial score (nSPS) is 13.0. The fourth-order valence-electron chi connectivity index (χ4n) is 8.50. The molecule has 0 aliphatic heterocycles. The van der Waals surface area contributed by atoms with Crippen molar-refractivity contribution in [1.82, 2.24) is 9.55 Å². The molecule has 2 heteroatoms. The average Bonchev–Trinajstić information content (AvgIpc) is 3.70. The summed E-state index contributed by atoms with van der Waals surface area (Å²) in [6, 6.07) is 68.5. The molecule has 234 valence electrons. The largest absolute Gasteiger partial charge is 0.309 e. The first-order chi connectivity index (χ1) is 24.8. The van der Waals surface area contributed by atoms with Crippen molar-refractivity contribution in [2.24, 2.45) is 0 Å². The zero-order chi connectivity index (χ0) is 33.1. The predicted molar refractivity (Wildman–Crippen MR) is 207 cm³/mol. The average molecular weight is 637 g/mol. The number of pyridine rings is 1. The van der Waals surface area contributed by atoms with Crippen LogP contribution in [-0.4, -0.2) is 9.55 Å². The number of hydrogen-bond acceptors (Lipinski definition) is 1. The first kappa shape index (κ1) is 28.5. The third-order valence-electron chi connectivity index (χ3n) is 10.5. The first-order valence-electron chi connectivity index (χ1n) is 17.2. The van der Waals surface area contributed by atoms with Crippen LogP contribution < -0.4 is 0 Å². The van der Waals surface area contributed by atoms with Crippen molar-refractivity contribution in [2.75, 3.05) is 0 Å². The zero-order valence-electron chi connectivity index (χ0n) is 27.4. The molecule has 0 saturated carbocycles. The Morgan fingerprint density at radius 3 is 1.76 bits per heavy atom. The number of para-hydroxylation sites is 2. The molecule has 0 radical (unpaired) electrons. The Balaban J connectivity index is 1.41. The maximum atomic E-state index is 4.63. The lowest BCUT2D eigenvalue weighted by atomic mass is 9.67. The van der Waals surface area contributed by atoms with Crippen molar-refractivity contribution in [3.63, 3.8) is 0 Å². The van der Waals surface area contributed by atoms with Gasteiger partial charge in [0.05, 0.1) is 22.1 Å². The maximum absolute atomic E-state index is 4.63. The number of aromatic nitrogens is 2. The molecule has 0 atom stereocenters. The summed E-state index contributed by atoms with van der Waals surface area (Å²) in [4.78, 5) is 4.63. The van der Waals surface area contributed by atoms with Crippen LogP contribution in [0.25, 0.3) is 61.0 Å². The van der Waals surface area contributed by atoms with Gasteiger partial charge in [-0.3, -0.25) is 4.98 Å². The minimum Gasteiger partial charge on any atom is -0.309 e. The van der Waals surface area contributed by atoms with Crippen LogP contribution >= 0.6 is 0 Å². The van der Waals surface area contributed by atoms with E-state index in [0.29, 0.717) is 0 Å².